The molecule has 0 radical (unpaired) electrons. The Morgan fingerprint density at radius 3 is 2.64 bits per heavy atom. The van der Waals surface area contributed by atoms with Crippen molar-refractivity contribution in [2.75, 3.05) is 13.1 Å². The smallest absolute Gasteiger partial charge is 0.286 e. The van der Waals surface area contributed by atoms with E-state index in [0.29, 0.717) is 10.8 Å². The molecule has 0 saturated carbocycles. The Labute approximate surface area is 160 Å². The van der Waals surface area contributed by atoms with Crippen molar-refractivity contribution in [3.8, 4) is 0 Å². The van der Waals surface area contributed by atoms with Crippen LogP contribution in [0.2, 0.25) is 0 Å². The highest BCUT2D eigenvalue weighted by atomic mass is 79.9. The number of aliphatic imine (C=N–C) groups is 1. The van der Waals surface area contributed by atoms with Crippen LogP contribution in [0.3, 0.4) is 0 Å². The lowest BCUT2D eigenvalue weighted by Crippen LogP contribution is -2.24. The highest BCUT2D eigenvalue weighted by Gasteiger charge is 2.31. The van der Waals surface area contributed by atoms with Gasteiger partial charge in [0.25, 0.3) is 5.91 Å². The number of nitrogens with zero attached hydrogens (tertiary/aromatic N) is 2. The Morgan fingerprint density at radius 2 is 1.88 bits per heavy atom. The third-order valence-electron chi connectivity index (χ3n) is 4.51. The third-order valence-corrected chi connectivity index (χ3v) is 6.08. The summed E-state index contributed by atoms with van der Waals surface area (Å²) in [7, 11) is 0. The first-order valence-electron chi connectivity index (χ1n) is 8.27. The predicted octanol–water partition coefficient (Wildman–Crippen LogP) is 4.91. The van der Waals surface area contributed by atoms with E-state index in [0.717, 1.165) is 34.7 Å². The van der Waals surface area contributed by atoms with E-state index in [1.165, 1.54) is 17.3 Å². The molecule has 4 rings (SSSR count). The number of amides is 1. The first-order valence-corrected chi connectivity index (χ1v) is 9.88. The first-order chi connectivity index (χ1) is 12.2. The van der Waals surface area contributed by atoms with Crippen LogP contribution in [0, 0.1) is 0 Å². The lowest BCUT2D eigenvalue weighted by atomic mass is 9.99. The summed E-state index contributed by atoms with van der Waals surface area (Å²) in [6.45, 7) is 1.87. The standard InChI is InChI=1S/C20H17BrN2OS/c21-17-8-6-14(7-9-17)12-18-19(24)22-20(25-18)23-11-10-16(13-23)15-4-2-1-3-5-15/h1-9,12,16H,10-11,13H2/b18-12-. The fourth-order valence-corrected chi connectivity index (χ4v) is 4.39. The SMILES string of the molecule is O=C1N=C(N2CCC(c3ccccc3)C2)S/C1=C\c1ccc(Br)cc1. The average Bonchev–Trinajstić information content (AvgIpc) is 3.25. The van der Waals surface area contributed by atoms with Crippen molar-refractivity contribution < 1.29 is 4.79 Å². The number of thioether (sulfide) groups is 1. The Balaban J connectivity index is 1.45. The monoisotopic (exact) mass is 412 g/mol. The van der Waals surface area contributed by atoms with Gasteiger partial charge in [-0.1, -0.05) is 58.4 Å². The van der Waals surface area contributed by atoms with Gasteiger partial charge >= 0.3 is 0 Å². The number of hydrogen-bond acceptors (Lipinski definition) is 3. The minimum atomic E-state index is -0.133. The number of rotatable bonds is 2. The highest BCUT2D eigenvalue weighted by molar-refractivity contribution is 9.10. The van der Waals surface area contributed by atoms with Crippen LogP contribution in [0.4, 0.5) is 0 Å². The van der Waals surface area contributed by atoms with E-state index in [9.17, 15) is 4.79 Å². The molecule has 2 aliphatic heterocycles. The van der Waals surface area contributed by atoms with Crippen LogP contribution < -0.4 is 0 Å². The molecule has 1 amide bonds. The summed E-state index contributed by atoms with van der Waals surface area (Å²) in [5, 5.41) is 0.840. The molecule has 1 fully saturated rings. The van der Waals surface area contributed by atoms with Gasteiger partial charge in [-0.3, -0.25) is 4.79 Å². The maximum Gasteiger partial charge on any atom is 0.286 e. The minimum Gasteiger partial charge on any atom is -0.350 e. The molecule has 126 valence electrons. The van der Waals surface area contributed by atoms with Gasteiger partial charge in [0.05, 0.1) is 4.91 Å². The number of benzene rings is 2. The second-order valence-corrected chi connectivity index (χ2v) is 8.13. The molecular weight excluding hydrogens is 396 g/mol. The van der Waals surface area contributed by atoms with Crippen LogP contribution in [0.5, 0.6) is 0 Å². The zero-order valence-corrected chi connectivity index (χ0v) is 16.0. The van der Waals surface area contributed by atoms with Gasteiger partial charge in [-0.2, -0.15) is 4.99 Å². The van der Waals surface area contributed by atoms with Crippen molar-refractivity contribution in [3.05, 3.63) is 75.1 Å². The molecule has 1 atom stereocenters. The fourth-order valence-electron chi connectivity index (χ4n) is 3.17. The van der Waals surface area contributed by atoms with E-state index >= 15 is 0 Å². The second-order valence-electron chi connectivity index (χ2n) is 6.20. The number of halogens is 1. The van der Waals surface area contributed by atoms with E-state index in [1.54, 1.807) is 0 Å². The van der Waals surface area contributed by atoms with Crippen LogP contribution in [0.1, 0.15) is 23.5 Å². The molecule has 5 heteroatoms. The van der Waals surface area contributed by atoms with Crippen molar-refractivity contribution in [3.63, 3.8) is 0 Å². The molecule has 0 bridgehead atoms. The molecule has 0 N–H and O–H groups in total. The lowest BCUT2D eigenvalue weighted by molar-refractivity contribution is -0.113. The summed E-state index contributed by atoms with van der Waals surface area (Å²) < 4.78 is 1.03. The Hall–Kier alpha value is -1.85. The van der Waals surface area contributed by atoms with Crippen LogP contribution in [0.25, 0.3) is 6.08 Å². The Bertz CT molecular complexity index is 846. The predicted molar refractivity (Wildman–Crippen MR) is 108 cm³/mol. The lowest BCUT2D eigenvalue weighted by Gasteiger charge is -2.17. The second kappa shape index (κ2) is 7.18. The van der Waals surface area contributed by atoms with Gasteiger partial charge in [-0.05, 0) is 47.5 Å². The fraction of sp³-hybridized carbons (Fsp3) is 0.200. The van der Waals surface area contributed by atoms with Gasteiger partial charge in [0, 0.05) is 23.5 Å². The summed E-state index contributed by atoms with van der Waals surface area (Å²) in [6.07, 6.45) is 3.02. The van der Waals surface area contributed by atoms with Gasteiger partial charge in [-0.15, -0.1) is 0 Å². The van der Waals surface area contributed by atoms with Crippen molar-refractivity contribution in [1.29, 1.82) is 0 Å². The zero-order chi connectivity index (χ0) is 17.2. The van der Waals surface area contributed by atoms with Crippen molar-refractivity contribution in [2.45, 2.75) is 12.3 Å². The van der Waals surface area contributed by atoms with E-state index in [1.807, 2.05) is 36.4 Å². The van der Waals surface area contributed by atoms with Gasteiger partial charge in [0.15, 0.2) is 5.17 Å². The zero-order valence-electron chi connectivity index (χ0n) is 13.6. The largest absolute Gasteiger partial charge is 0.350 e. The molecule has 25 heavy (non-hydrogen) atoms. The van der Waals surface area contributed by atoms with Crippen LogP contribution in [-0.4, -0.2) is 29.1 Å². The van der Waals surface area contributed by atoms with Crippen LogP contribution in [-0.2, 0) is 4.79 Å². The van der Waals surface area contributed by atoms with Crippen molar-refractivity contribution in [2.24, 2.45) is 4.99 Å². The molecule has 2 heterocycles. The summed E-state index contributed by atoms with van der Waals surface area (Å²) in [5.74, 6) is 0.380. The molecule has 2 aromatic rings. The van der Waals surface area contributed by atoms with Crippen LogP contribution >= 0.6 is 27.7 Å². The number of carbonyl (C=O) groups excluding carboxylic acids is 1. The summed E-state index contributed by atoms with van der Waals surface area (Å²) in [5.41, 5.74) is 2.38. The number of likely N-dealkylation sites (tertiary alicyclic amines) is 1. The van der Waals surface area contributed by atoms with Crippen LogP contribution in [0.15, 0.2) is 69.0 Å². The number of carbonyl (C=O) groups is 1. The van der Waals surface area contributed by atoms with Crippen molar-refractivity contribution >= 4 is 44.8 Å². The van der Waals surface area contributed by atoms with Gasteiger partial charge in [0.1, 0.15) is 0 Å². The van der Waals surface area contributed by atoms with Gasteiger partial charge in [-0.25, -0.2) is 0 Å². The van der Waals surface area contributed by atoms with E-state index in [-0.39, 0.29) is 5.91 Å². The van der Waals surface area contributed by atoms with E-state index < -0.39 is 0 Å². The van der Waals surface area contributed by atoms with Crippen molar-refractivity contribution in [1.82, 2.24) is 4.90 Å². The molecule has 1 saturated heterocycles. The normalized spacial score (nSPS) is 21.9. The Morgan fingerprint density at radius 1 is 1.12 bits per heavy atom. The molecule has 0 aliphatic carbocycles. The molecular formula is C20H17BrN2OS. The molecule has 3 nitrogen and oxygen atoms in total. The summed E-state index contributed by atoms with van der Waals surface area (Å²) in [4.78, 5) is 19.5. The van der Waals surface area contributed by atoms with E-state index in [2.05, 4.69) is 50.1 Å². The number of hydrogen-bond donors (Lipinski definition) is 0. The quantitative estimate of drug-likeness (QED) is 0.656. The molecule has 1 unspecified atom stereocenters. The third kappa shape index (κ3) is 3.72. The Kier molecular flexibility index (Phi) is 4.77. The topological polar surface area (TPSA) is 32.7 Å². The maximum absolute atomic E-state index is 12.3. The molecule has 0 spiro atoms. The molecule has 0 aromatic heterocycles. The van der Waals surface area contributed by atoms with E-state index in [4.69, 9.17) is 0 Å². The highest BCUT2D eigenvalue weighted by Crippen LogP contribution is 2.35. The first kappa shape index (κ1) is 16.6. The summed E-state index contributed by atoms with van der Waals surface area (Å²) in [6, 6.07) is 18.5. The maximum atomic E-state index is 12.3. The summed E-state index contributed by atoms with van der Waals surface area (Å²) >= 11 is 4.91. The van der Waals surface area contributed by atoms with Gasteiger partial charge in [0.2, 0.25) is 0 Å². The van der Waals surface area contributed by atoms with Gasteiger partial charge < -0.3 is 4.90 Å². The molecule has 2 aromatic carbocycles. The number of amidine groups is 1. The average molecular weight is 413 g/mol. The minimum absolute atomic E-state index is 0.133. The molecule has 2 aliphatic rings.